The van der Waals surface area contributed by atoms with Crippen molar-refractivity contribution in [1.82, 2.24) is 4.72 Å². The molecule has 0 saturated carbocycles. The van der Waals surface area contributed by atoms with Crippen LogP contribution >= 0.6 is 27.5 Å². The molecule has 6 nitrogen and oxygen atoms in total. The summed E-state index contributed by atoms with van der Waals surface area (Å²) in [7, 11) is -1.50. The summed E-state index contributed by atoms with van der Waals surface area (Å²) < 4.78 is 37.6. The van der Waals surface area contributed by atoms with Crippen LogP contribution in [0, 0.1) is 5.92 Å². The molecule has 1 atom stereocenters. The van der Waals surface area contributed by atoms with E-state index in [2.05, 4.69) is 25.4 Å². The monoisotopic (exact) mass is 413 g/mol. The third-order valence-corrected chi connectivity index (χ3v) is 5.13. The summed E-state index contributed by atoms with van der Waals surface area (Å²) in [6.45, 7) is 3.41. The molecule has 1 unspecified atom stereocenters. The Hall–Kier alpha value is -0.830. The average molecular weight is 415 g/mol. The molecule has 0 aliphatic carbocycles. The fraction of sp³-hybridized carbons (Fsp3) is 0.462. The lowest BCUT2D eigenvalue weighted by molar-refractivity contribution is -0.143. The Balaban J connectivity index is 3.33. The van der Waals surface area contributed by atoms with Gasteiger partial charge in [0.15, 0.2) is 5.75 Å². The zero-order valence-corrected chi connectivity index (χ0v) is 15.7. The summed E-state index contributed by atoms with van der Waals surface area (Å²) in [4.78, 5) is 11.6. The minimum atomic E-state index is -4.04. The van der Waals surface area contributed by atoms with Crippen molar-refractivity contribution >= 4 is 43.5 Å². The van der Waals surface area contributed by atoms with E-state index >= 15 is 0 Å². The topological polar surface area (TPSA) is 81.7 Å². The van der Waals surface area contributed by atoms with Crippen molar-refractivity contribution in [2.75, 3.05) is 14.2 Å². The predicted molar refractivity (Wildman–Crippen MR) is 86.7 cm³/mol. The number of nitrogens with one attached hydrogen (secondary N) is 1. The van der Waals surface area contributed by atoms with Gasteiger partial charge in [-0.15, -0.1) is 0 Å². The highest BCUT2D eigenvalue weighted by Crippen LogP contribution is 2.35. The van der Waals surface area contributed by atoms with Gasteiger partial charge in [-0.05, 0) is 34.0 Å². The number of carbonyl (C=O) groups excluding carboxylic acids is 1. The Morgan fingerprint density at radius 1 is 1.32 bits per heavy atom. The smallest absolute Gasteiger partial charge is 0.324 e. The first-order chi connectivity index (χ1) is 10.1. The first kappa shape index (κ1) is 19.2. The number of benzene rings is 1. The quantitative estimate of drug-likeness (QED) is 0.724. The summed E-state index contributed by atoms with van der Waals surface area (Å²) in [5.74, 6) is -0.862. The number of rotatable bonds is 6. The molecule has 0 aliphatic rings. The summed E-state index contributed by atoms with van der Waals surface area (Å²) in [5, 5.41) is 0.215. The number of hydrogen-bond donors (Lipinski definition) is 1. The van der Waals surface area contributed by atoms with Gasteiger partial charge in [-0.3, -0.25) is 4.79 Å². The highest BCUT2D eigenvalue weighted by molar-refractivity contribution is 9.10. The van der Waals surface area contributed by atoms with Crippen LogP contribution in [-0.2, 0) is 19.6 Å². The van der Waals surface area contributed by atoms with E-state index in [9.17, 15) is 13.2 Å². The molecular formula is C13H17BrClNO5S. The van der Waals surface area contributed by atoms with Crippen LogP contribution in [-0.4, -0.2) is 34.6 Å². The number of esters is 1. The molecule has 1 N–H and O–H groups in total. The van der Waals surface area contributed by atoms with Crippen molar-refractivity contribution in [3.05, 3.63) is 21.6 Å². The van der Waals surface area contributed by atoms with Crippen LogP contribution in [0.4, 0.5) is 0 Å². The van der Waals surface area contributed by atoms with Gasteiger partial charge in [0.2, 0.25) is 10.0 Å². The number of carbonyl (C=O) groups is 1. The number of ether oxygens (including phenoxy) is 2. The van der Waals surface area contributed by atoms with E-state index < -0.39 is 22.0 Å². The molecule has 22 heavy (non-hydrogen) atoms. The number of halogens is 2. The second kappa shape index (κ2) is 7.63. The summed E-state index contributed by atoms with van der Waals surface area (Å²) in [6, 6.07) is 1.75. The Labute approximate surface area is 143 Å². The highest BCUT2D eigenvalue weighted by Gasteiger charge is 2.31. The summed E-state index contributed by atoms with van der Waals surface area (Å²) >= 11 is 9.10. The SMILES string of the molecule is COC(=O)C(NS(=O)(=O)c1cc(Cl)cc(Br)c1OC)C(C)C. The molecule has 124 valence electrons. The lowest BCUT2D eigenvalue weighted by Gasteiger charge is -2.21. The normalized spacial score (nSPS) is 13.0. The van der Waals surface area contributed by atoms with E-state index in [4.69, 9.17) is 16.3 Å². The van der Waals surface area contributed by atoms with Crippen LogP contribution in [0.25, 0.3) is 0 Å². The molecule has 0 fully saturated rings. The van der Waals surface area contributed by atoms with Crippen LogP contribution in [0.2, 0.25) is 5.02 Å². The first-order valence-electron chi connectivity index (χ1n) is 6.27. The van der Waals surface area contributed by atoms with Crippen molar-refractivity contribution < 1.29 is 22.7 Å². The minimum absolute atomic E-state index is 0.101. The fourth-order valence-electron chi connectivity index (χ4n) is 1.75. The molecule has 1 aromatic carbocycles. The molecule has 0 aromatic heterocycles. The molecule has 1 rings (SSSR count). The molecule has 0 bridgehead atoms. The van der Waals surface area contributed by atoms with Gasteiger partial charge in [-0.1, -0.05) is 25.4 Å². The van der Waals surface area contributed by atoms with Crippen molar-refractivity contribution in [1.29, 1.82) is 0 Å². The Bertz CT molecular complexity index is 663. The zero-order valence-electron chi connectivity index (χ0n) is 12.5. The molecule has 9 heteroatoms. The summed E-state index contributed by atoms with van der Waals surface area (Å²) in [6.07, 6.45) is 0. The van der Waals surface area contributed by atoms with Gasteiger partial charge >= 0.3 is 5.97 Å². The molecule has 0 spiro atoms. The Kier molecular flexibility index (Phi) is 6.66. The van der Waals surface area contributed by atoms with Crippen LogP contribution in [0.3, 0.4) is 0 Å². The second-order valence-electron chi connectivity index (χ2n) is 4.79. The van der Waals surface area contributed by atoms with E-state index in [0.717, 1.165) is 0 Å². The van der Waals surface area contributed by atoms with Gasteiger partial charge in [-0.25, -0.2) is 8.42 Å². The molecule has 0 saturated heterocycles. The molecule has 0 heterocycles. The van der Waals surface area contributed by atoms with Gasteiger partial charge in [-0.2, -0.15) is 4.72 Å². The fourth-order valence-corrected chi connectivity index (χ4v) is 4.47. The van der Waals surface area contributed by atoms with Crippen molar-refractivity contribution in [2.24, 2.45) is 5.92 Å². The third kappa shape index (κ3) is 4.34. The Morgan fingerprint density at radius 3 is 2.36 bits per heavy atom. The molecular weight excluding hydrogens is 398 g/mol. The maximum Gasteiger partial charge on any atom is 0.324 e. The zero-order chi connectivity index (χ0) is 17.1. The van der Waals surface area contributed by atoms with Crippen molar-refractivity contribution in [3.8, 4) is 5.75 Å². The summed E-state index contributed by atoms with van der Waals surface area (Å²) in [5.41, 5.74) is 0. The first-order valence-corrected chi connectivity index (χ1v) is 8.92. The highest BCUT2D eigenvalue weighted by atomic mass is 79.9. The third-order valence-electron chi connectivity index (χ3n) is 2.87. The minimum Gasteiger partial charge on any atom is -0.494 e. The maximum atomic E-state index is 12.6. The van der Waals surface area contributed by atoms with Gasteiger partial charge in [0.25, 0.3) is 0 Å². The van der Waals surface area contributed by atoms with E-state index in [0.29, 0.717) is 4.47 Å². The van der Waals surface area contributed by atoms with Gasteiger partial charge < -0.3 is 9.47 Å². The lowest BCUT2D eigenvalue weighted by Crippen LogP contribution is -2.45. The van der Waals surface area contributed by atoms with E-state index in [1.807, 2.05) is 0 Å². The molecule has 1 aromatic rings. The van der Waals surface area contributed by atoms with Gasteiger partial charge in [0.1, 0.15) is 10.9 Å². The second-order valence-corrected chi connectivity index (χ2v) is 7.76. The van der Waals surface area contributed by atoms with E-state index in [1.54, 1.807) is 13.8 Å². The van der Waals surface area contributed by atoms with Crippen LogP contribution in [0.1, 0.15) is 13.8 Å². The predicted octanol–water partition coefficient (Wildman–Crippen LogP) is 2.59. The molecule has 0 amide bonds. The largest absolute Gasteiger partial charge is 0.494 e. The van der Waals surface area contributed by atoms with Gasteiger partial charge in [0, 0.05) is 5.02 Å². The molecule has 0 aliphatic heterocycles. The molecule has 0 radical (unpaired) electrons. The number of sulfonamides is 1. The van der Waals surface area contributed by atoms with E-state index in [1.165, 1.54) is 26.4 Å². The number of methoxy groups -OCH3 is 2. The van der Waals surface area contributed by atoms with E-state index in [-0.39, 0.29) is 21.6 Å². The Morgan fingerprint density at radius 2 is 1.91 bits per heavy atom. The standard InChI is InChI=1S/C13H17BrClNO5S/c1-7(2)11(13(17)21-4)16-22(18,19)10-6-8(15)5-9(14)12(10)20-3/h5-7,11,16H,1-4H3. The number of hydrogen-bond acceptors (Lipinski definition) is 5. The van der Waals surface area contributed by atoms with Crippen LogP contribution < -0.4 is 9.46 Å². The van der Waals surface area contributed by atoms with Gasteiger partial charge in [0.05, 0.1) is 18.7 Å². The average Bonchev–Trinajstić information content (AvgIpc) is 2.43. The van der Waals surface area contributed by atoms with Crippen molar-refractivity contribution in [3.63, 3.8) is 0 Å². The van der Waals surface area contributed by atoms with Crippen molar-refractivity contribution in [2.45, 2.75) is 24.8 Å². The van der Waals surface area contributed by atoms with Crippen LogP contribution in [0.15, 0.2) is 21.5 Å². The maximum absolute atomic E-state index is 12.6. The van der Waals surface area contributed by atoms with Crippen LogP contribution in [0.5, 0.6) is 5.75 Å². The lowest BCUT2D eigenvalue weighted by atomic mass is 10.1.